The van der Waals surface area contributed by atoms with Gasteiger partial charge >= 0.3 is 0 Å². The minimum Gasteiger partial charge on any atom is -0.496 e. The van der Waals surface area contributed by atoms with Crippen LogP contribution in [-0.2, 0) is 11.2 Å². The second-order valence-corrected chi connectivity index (χ2v) is 4.84. The minimum atomic E-state index is -0.468. The highest BCUT2D eigenvalue weighted by molar-refractivity contribution is 5.92. The number of ether oxygens (including phenoxy) is 2. The van der Waals surface area contributed by atoms with Crippen LogP contribution in [0.5, 0.6) is 11.5 Å². The maximum absolute atomic E-state index is 13.5. The van der Waals surface area contributed by atoms with Crippen LogP contribution in [0.3, 0.4) is 0 Å². The van der Waals surface area contributed by atoms with Gasteiger partial charge in [-0.05, 0) is 36.8 Å². The molecule has 116 valence electrons. The van der Waals surface area contributed by atoms with Crippen molar-refractivity contribution in [3.05, 3.63) is 53.3 Å². The molecule has 0 saturated heterocycles. The molecule has 0 radical (unpaired) electrons. The Bertz CT molecular complexity index is 686. The summed E-state index contributed by atoms with van der Waals surface area (Å²) >= 11 is 0. The van der Waals surface area contributed by atoms with E-state index in [2.05, 4.69) is 5.32 Å². The predicted octanol–water partition coefficient (Wildman–Crippen LogP) is 3.33. The molecule has 0 heterocycles. The van der Waals surface area contributed by atoms with Gasteiger partial charge < -0.3 is 14.8 Å². The van der Waals surface area contributed by atoms with Gasteiger partial charge in [0.2, 0.25) is 5.91 Å². The highest BCUT2D eigenvalue weighted by Gasteiger charge is 2.13. The zero-order valence-corrected chi connectivity index (χ0v) is 12.8. The van der Waals surface area contributed by atoms with E-state index >= 15 is 0 Å². The van der Waals surface area contributed by atoms with E-state index in [1.165, 1.54) is 12.1 Å². The zero-order valence-electron chi connectivity index (χ0n) is 12.8. The largest absolute Gasteiger partial charge is 0.496 e. The minimum absolute atomic E-state index is 0.0636. The molecule has 0 aliphatic rings. The van der Waals surface area contributed by atoms with Gasteiger partial charge in [0.25, 0.3) is 0 Å². The van der Waals surface area contributed by atoms with Crippen molar-refractivity contribution in [3.63, 3.8) is 0 Å². The Morgan fingerprint density at radius 2 is 1.82 bits per heavy atom. The third kappa shape index (κ3) is 3.55. The van der Waals surface area contributed by atoms with Crippen molar-refractivity contribution >= 4 is 11.6 Å². The van der Waals surface area contributed by atoms with E-state index < -0.39 is 5.82 Å². The number of nitrogens with one attached hydrogen (secondary N) is 1. The van der Waals surface area contributed by atoms with Crippen LogP contribution < -0.4 is 14.8 Å². The van der Waals surface area contributed by atoms with E-state index in [0.29, 0.717) is 17.1 Å². The average molecular weight is 303 g/mol. The number of rotatable bonds is 5. The van der Waals surface area contributed by atoms with Crippen LogP contribution in [-0.4, -0.2) is 20.1 Å². The van der Waals surface area contributed by atoms with Crippen molar-refractivity contribution in [2.24, 2.45) is 0 Å². The number of halogens is 1. The first kappa shape index (κ1) is 15.8. The van der Waals surface area contributed by atoms with Crippen LogP contribution in [0.25, 0.3) is 0 Å². The Morgan fingerprint density at radius 1 is 1.14 bits per heavy atom. The van der Waals surface area contributed by atoms with Crippen molar-refractivity contribution in [2.75, 3.05) is 19.5 Å². The topological polar surface area (TPSA) is 47.6 Å². The number of anilines is 1. The van der Waals surface area contributed by atoms with Gasteiger partial charge in [0.15, 0.2) is 0 Å². The molecule has 0 unspecified atom stereocenters. The summed E-state index contributed by atoms with van der Waals surface area (Å²) in [5.41, 5.74) is 1.75. The third-order valence-corrected chi connectivity index (χ3v) is 3.30. The van der Waals surface area contributed by atoms with Crippen molar-refractivity contribution in [2.45, 2.75) is 13.3 Å². The van der Waals surface area contributed by atoms with Crippen LogP contribution in [0.4, 0.5) is 10.1 Å². The molecule has 0 fully saturated rings. The molecule has 5 heteroatoms. The first-order valence-corrected chi connectivity index (χ1v) is 6.81. The highest BCUT2D eigenvalue weighted by atomic mass is 19.1. The SMILES string of the molecule is COc1cc(CC(=O)Nc2ccccc2F)c(OC)cc1C. The number of benzene rings is 2. The maximum Gasteiger partial charge on any atom is 0.229 e. The molecule has 0 saturated carbocycles. The molecule has 2 aromatic rings. The molecule has 2 aromatic carbocycles. The second-order valence-electron chi connectivity index (χ2n) is 4.84. The predicted molar refractivity (Wildman–Crippen MR) is 83.0 cm³/mol. The quantitative estimate of drug-likeness (QED) is 0.921. The lowest BCUT2D eigenvalue weighted by molar-refractivity contribution is -0.115. The fraction of sp³-hybridized carbons (Fsp3) is 0.235. The third-order valence-electron chi connectivity index (χ3n) is 3.30. The van der Waals surface area contributed by atoms with Gasteiger partial charge in [-0.3, -0.25) is 4.79 Å². The van der Waals surface area contributed by atoms with Crippen LogP contribution in [0.1, 0.15) is 11.1 Å². The Kier molecular flexibility index (Phi) is 4.99. The van der Waals surface area contributed by atoms with Crippen LogP contribution in [0, 0.1) is 12.7 Å². The summed E-state index contributed by atoms with van der Waals surface area (Å²) < 4.78 is 24.1. The van der Waals surface area contributed by atoms with Crippen molar-refractivity contribution in [1.29, 1.82) is 0 Å². The Hall–Kier alpha value is -2.56. The summed E-state index contributed by atoms with van der Waals surface area (Å²) in [5.74, 6) is 0.482. The van der Waals surface area contributed by atoms with Crippen molar-refractivity contribution in [3.8, 4) is 11.5 Å². The molecule has 0 spiro atoms. The molecule has 4 nitrogen and oxygen atoms in total. The van der Waals surface area contributed by atoms with E-state index in [0.717, 1.165) is 5.56 Å². The second kappa shape index (κ2) is 6.93. The maximum atomic E-state index is 13.5. The number of hydrogen-bond donors (Lipinski definition) is 1. The van der Waals surface area contributed by atoms with E-state index in [-0.39, 0.29) is 18.0 Å². The van der Waals surface area contributed by atoms with E-state index in [1.807, 2.05) is 13.0 Å². The number of carbonyl (C=O) groups is 1. The first-order chi connectivity index (χ1) is 10.5. The fourth-order valence-electron chi connectivity index (χ4n) is 2.18. The van der Waals surface area contributed by atoms with Gasteiger partial charge in [-0.1, -0.05) is 12.1 Å². The number of amides is 1. The van der Waals surface area contributed by atoms with Gasteiger partial charge in [0, 0.05) is 5.56 Å². The summed E-state index contributed by atoms with van der Waals surface area (Å²) in [5, 5.41) is 2.55. The Labute approximate surface area is 128 Å². The van der Waals surface area contributed by atoms with Gasteiger partial charge in [0.05, 0.1) is 26.3 Å². The van der Waals surface area contributed by atoms with Gasteiger partial charge in [-0.25, -0.2) is 4.39 Å². The molecule has 0 aliphatic carbocycles. The molecular weight excluding hydrogens is 285 g/mol. The zero-order chi connectivity index (χ0) is 16.1. The molecular formula is C17H18FNO3. The van der Waals surface area contributed by atoms with Crippen LogP contribution in [0.2, 0.25) is 0 Å². The van der Waals surface area contributed by atoms with Crippen molar-refractivity contribution in [1.82, 2.24) is 0 Å². The summed E-state index contributed by atoms with van der Waals surface area (Å²) in [6.07, 6.45) is 0.0636. The molecule has 2 rings (SSSR count). The molecule has 0 bridgehead atoms. The van der Waals surface area contributed by atoms with Gasteiger partial charge in [-0.15, -0.1) is 0 Å². The van der Waals surface area contributed by atoms with Crippen molar-refractivity contribution < 1.29 is 18.7 Å². The van der Waals surface area contributed by atoms with Crippen LogP contribution in [0.15, 0.2) is 36.4 Å². The first-order valence-electron chi connectivity index (χ1n) is 6.81. The molecule has 0 atom stereocenters. The number of aryl methyl sites for hydroxylation is 1. The normalized spacial score (nSPS) is 10.2. The number of hydrogen-bond acceptors (Lipinski definition) is 3. The standard InChI is InChI=1S/C17H18FNO3/c1-11-8-16(22-3)12(9-15(11)21-2)10-17(20)19-14-7-5-4-6-13(14)18/h4-9H,10H2,1-3H3,(H,19,20). The summed E-state index contributed by atoms with van der Waals surface area (Å²) in [7, 11) is 3.11. The van der Waals surface area contributed by atoms with E-state index in [1.54, 1.807) is 32.4 Å². The summed E-state index contributed by atoms with van der Waals surface area (Å²) in [6.45, 7) is 1.89. The molecule has 1 N–H and O–H groups in total. The highest BCUT2D eigenvalue weighted by Crippen LogP contribution is 2.28. The number of carbonyl (C=O) groups excluding carboxylic acids is 1. The van der Waals surface area contributed by atoms with E-state index in [9.17, 15) is 9.18 Å². The smallest absolute Gasteiger partial charge is 0.229 e. The lowest BCUT2D eigenvalue weighted by atomic mass is 10.1. The lowest BCUT2D eigenvalue weighted by Crippen LogP contribution is -2.16. The van der Waals surface area contributed by atoms with Gasteiger partial charge in [0.1, 0.15) is 17.3 Å². The molecule has 0 aromatic heterocycles. The fourth-order valence-corrected chi connectivity index (χ4v) is 2.18. The Morgan fingerprint density at radius 3 is 2.45 bits per heavy atom. The average Bonchev–Trinajstić information content (AvgIpc) is 2.50. The molecule has 1 amide bonds. The molecule has 22 heavy (non-hydrogen) atoms. The Balaban J connectivity index is 2.19. The molecule has 0 aliphatic heterocycles. The monoisotopic (exact) mass is 303 g/mol. The van der Waals surface area contributed by atoms with Gasteiger partial charge in [-0.2, -0.15) is 0 Å². The number of methoxy groups -OCH3 is 2. The van der Waals surface area contributed by atoms with E-state index in [4.69, 9.17) is 9.47 Å². The number of para-hydroxylation sites is 1. The summed E-state index contributed by atoms with van der Waals surface area (Å²) in [4.78, 5) is 12.1. The summed E-state index contributed by atoms with van der Waals surface area (Å²) in [6, 6.07) is 9.61. The lowest BCUT2D eigenvalue weighted by Gasteiger charge is -2.13. The van der Waals surface area contributed by atoms with Crippen LogP contribution >= 0.6 is 0 Å².